The van der Waals surface area contributed by atoms with Crippen LogP contribution >= 0.6 is 27.7 Å². The lowest BCUT2D eigenvalue weighted by Crippen LogP contribution is -2.27. The molecular formula is C16H14BrFO2S. The van der Waals surface area contributed by atoms with Gasteiger partial charge in [0.1, 0.15) is 11.6 Å². The van der Waals surface area contributed by atoms with E-state index in [1.807, 2.05) is 18.2 Å². The van der Waals surface area contributed by atoms with E-state index in [1.54, 1.807) is 23.9 Å². The van der Waals surface area contributed by atoms with E-state index in [0.717, 1.165) is 20.7 Å². The van der Waals surface area contributed by atoms with Gasteiger partial charge in [0.25, 0.3) is 0 Å². The Morgan fingerprint density at radius 3 is 2.71 bits per heavy atom. The van der Waals surface area contributed by atoms with Gasteiger partial charge in [-0.2, -0.15) is 0 Å². The minimum atomic E-state index is -0.241. The molecule has 1 heterocycles. The number of hydrogen-bond acceptors (Lipinski definition) is 3. The number of fused-ring (bicyclic) bond motifs is 1. The summed E-state index contributed by atoms with van der Waals surface area (Å²) in [6.07, 6.45) is 0. The largest absolute Gasteiger partial charge is 0.493 e. The van der Waals surface area contributed by atoms with Crippen LogP contribution in [-0.2, 0) is 0 Å². The second-order valence-corrected chi connectivity index (χ2v) is 7.06. The van der Waals surface area contributed by atoms with Crippen molar-refractivity contribution < 1.29 is 14.2 Å². The maximum Gasteiger partial charge on any atom is 0.124 e. The van der Waals surface area contributed by atoms with Crippen molar-refractivity contribution in [2.75, 3.05) is 13.2 Å². The van der Waals surface area contributed by atoms with Gasteiger partial charge in [0, 0.05) is 26.1 Å². The molecule has 0 saturated carbocycles. The zero-order valence-electron chi connectivity index (χ0n) is 11.1. The zero-order valence-corrected chi connectivity index (χ0v) is 13.5. The lowest BCUT2D eigenvalue weighted by atomic mass is 9.97. The molecule has 0 bridgehead atoms. The van der Waals surface area contributed by atoms with Crippen LogP contribution in [0.2, 0.25) is 0 Å². The van der Waals surface area contributed by atoms with Crippen molar-refractivity contribution in [1.29, 1.82) is 0 Å². The average Bonchev–Trinajstić information content (AvgIpc) is 2.49. The molecule has 2 aromatic rings. The van der Waals surface area contributed by atoms with E-state index in [-0.39, 0.29) is 23.6 Å². The van der Waals surface area contributed by atoms with Crippen LogP contribution in [0.4, 0.5) is 4.39 Å². The molecule has 1 aliphatic heterocycles. The molecule has 2 atom stereocenters. The number of aliphatic hydroxyl groups excluding tert-OH is 1. The van der Waals surface area contributed by atoms with Gasteiger partial charge in [-0.15, -0.1) is 11.8 Å². The summed E-state index contributed by atoms with van der Waals surface area (Å²) in [6.45, 7) is 0.549. The molecule has 21 heavy (non-hydrogen) atoms. The fourth-order valence-corrected chi connectivity index (χ4v) is 3.98. The molecule has 3 rings (SSSR count). The molecule has 0 radical (unpaired) electrons. The first-order valence-electron chi connectivity index (χ1n) is 6.62. The SMILES string of the molecule is OCC1COc2cc(Br)ccc2C1Sc1ccc(F)cc1. The highest BCUT2D eigenvalue weighted by atomic mass is 79.9. The number of halogens is 2. The maximum absolute atomic E-state index is 13.0. The highest BCUT2D eigenvalue weighted by molar-refractivity contribution is 9.10. The molecular weight excluding hydrogens is 355 g/mol. The Hall–Kier alpha value is -1.04. The van der Waals surface area contributed by atoms with E-state index in [1.165, 1.54) is 12.1 Å². The maximum atomic E-state index is 13.0. The Labute approximate surface area is 135 Å². The van der Waals surface area contributed by atoms with Crippen molar-refractivity contribution in [3.8, 4) is 5.75 Å². The zero-order chi connectivity index (χ0) is 14.8. The predicted molar refractivity (Wildman–Crippen MR) is 85.2 cm³/mol. The number of ether oxygens (including phenoxy) is 1. The van der Waals surface area contributed by atoms with Crippen LogP contribution in [-0.4, -0.2) is 18.3 Å². The normalized spacial score (nSPS) is 20.7. The molecule has 1 aliphatic rings. The van der Waals surface area contributed by atoms with Gasteiger partial charge in [0.2, 0.25) is 0 Å². The molecule has 2 nitrogen and oxygen atoms in total. The Morgan fingerprint density at radius 1 is 1.24 bits per heavy atom. The summed E-state index contributed by atoms with van der Waals surface area (Å²) in [7, 11) is 0. The summed E-state index contributed by atoms with van der Waals surface area (Å²) in [5.74, 6) is 0.622. The van der Waals surface area contributed by atoms with Crippen molar-refractivity contribution >= 4 is 27.7 Å². The Morgan fingerprint density at radius 2 is 2.00 bits per heavy atom. The second-order valence-electron chi connectivity index (χ2n) is 4.93. The summed E-state index contributed by atoms with van der Waals surface area (Å²) in [4.78, 5) is 0.982. The summed E-state index contributed by atoms with van der Waals surface area (Å²) in [6, 6.07) is 12.4. The average molecular weight is 369 g/mol. The minimum absolute atomic E-state index is 0.0220. The molecule has 110 valence electrons. The van der Waals surface area contributed by atoms with Crippen molar-refractivity contribution in [1.82, 2.24) is 0 Å². The lowest BCUT2D eigenvalue weighted by molar-refractivity contribution is 0.144. The fourth-order valence-electron chi connectivity index (χ4n) is 2.37. The van der Waals surface area contributed by atoms with E-state index in [4.69, 9.17) is 4.74 Å². The van der Waals surface area contributed by atoms with Crippen LogP contribution in [0.3, 0.4) is 0 Å². The third-order valence-electron chi connectivity index (χ3n) is 3.47. The summed E-state index contributed by atoms with van der Waals surface area (Å²) in [5.41, 5.74) is 1.07. The van der Waals surface area contributed by atoms with Gasteiger partial charge in [0.05, 0.1) is 13.2 Å². The van der Waals surface area contributed by atoms with E-state index in [2.05, 4.69) is 15.9 Å². The Bertz CT molecular complexity index is 633. The number of hydrogen-bond donors (Lipinski definition) is 1. The highest BCUT2D eigenvalue weighted by Gasteiger charge is 2.31. The molecule has 0 saturated heterocycles. The van der Waals surface area contributed by atoms with Gasteiger partial charge >= 0.3 is 0 Å². The quantitative estimate of drug-likeness (QED) is 0.869. The molecule has 0 aliphatic carbocycles. The van der Waals surface area contributed by atoms with Crippen LogP contribution < -0.4 is 4.74 Å². The Balaban J connectivity index is 1.92. The van der Waals surface area contributed by atoms with Crippen LogP contribution in [0.5, 0.6) is 5.75 Å². The van der Waals surface area contributed by atoms with Crippen LogP contribution in [0.15, 0.2) is 51.8 Å². The van der Waals surface area contributed by atoms with Gasteiger partial charge < -0.3 is 9.84 Å². The summed E-state index contributed by atoms with van der Waals surface area (Å²) in [5, 5.41) is 9.70. The third kappa shape index (κ3) is 3.25. The van der Waals surface area contributed by atoms with E-state index in [0.29, 0.717) is 6.61 Å². The fraction of sp³-hybridized carbons (Fsp3) is 0.250. The number of rotatable bonds is 3. The second kappa shape index (κ2) is 6.38. The van der Waals surface area contributed by atoms with Crippen LogP contribution in [0, 0.1) is 11.7 Å². The number of benzene rings is 2. The van der Waals surface area contributed by atoms with E-state index in [9.17, 15) is 9.50 Å². The van der Waals surface area contributed by atoms with Gasteiger partial charge in [-0.25, -0.2) is 4.39 Å². The van der Waals surface area contributed by atoms with E-state index >= 15 is 0 Å². The van der Waals surface area contributed by atoms with Gasteiger partial charge in [0.15, 0.2) is 0 Å². The van der Waals surface area contributed by atoms with Gasteiger partial charge in [-0.05, 0) is 36.4 Å². The predicted octanol–water partition coefficient (Wildman–Crippen LogP) is 4.42. The molecule has 0 aromatic heterocycles. The first kappa shape index (κ1) is 14.9. The molecule has 2 aromatic carbocycles. The molecule has 2 unspecified atom stereocenters. The van der Waals surface area contributed by atoms with Gasteiger partial charge in [-0.3, -0.25) is 0 Å². The standard InChI is InChI=1S/C16H14BrFO2S/c17-11-1-6-14-15(7-11)20-9-10(8-19)16(14)21-13-4-2-12(18)3-5-13/h1-7,10,16,19H,8-9H2. The lowest BCUT2D eigenvalue weighted by Gasteiger charge is -2.32. The monoisotopic (exact) mass is 368 g/mol. The molecule has 5 heteroatoms. The molecule has 1 N–H and O–H groups in total. The third-order valence-corrected chi connectivity index (χ3v) is 5.40. The number of aliphatic hydroxyl groups is 1. The summed E-state index contributed by atoms with van der Waals surface area (Å²) >= 11 is 5.07. The van der Waals surface area contributed by atoms with Crippen LogP contribution in [0.25, 0.3) is 0 Å². The van der Waals surface area contributed by atoms with Crippen molar-refractivity contribution in [3.63, 3.8) is 0 Å². The van der Waals surface area contributed by atoms with Crippen molar-refractivity contribution in [2.45, 2.75) is 10.1 Å². The highest BCUT2D eigenvalue weighted by Crippen LogP contribution is 2.47. The number of thioether (sulfide) groups is 1. The van der Waals surface area contributed by atoms with E-state index < -0.39 is 0 Å². The van der Waals surface area contributed by atoms with Crippen LogP contribution in [0.1, 0.15) is 10.8 Å². The summed E-state index contributed by atoms with van der Waals surface area (Å²) < 4.78 is 19.7. The Kier molecular flexibility index (Phi) is 4.52. The molecule has 0 spiro atoms. The molecule has 0 amide bonds. The first-order chi connectivity index (χ1) is 10.2. The smallest absolute Gasteiger partial charge is 0.124 e. The van der Waals surface area contributed by atoms with Crippen molar-refractivity contribution in [2.24, 2.45) is 5.92 Å². The first-order valence-corrected chi connectivity index (χ1v) is 8.30. The molecule has 0 fully saturated rings. The minimum Gasteiger partial charge on any atom is -0.493 e. The van der Waals surface area contributed by atoms with Crippen molar-refractivity contribution in [3.05, 3.63) is 58.3 Å². The topological polar surface area (TPSA) is 29.5 Å². The van der Waals surface area contributed by atoms with Gasteiger partial charge in [-0.1, -0.05) is 22.0 Å².